The summed E-state index contributed by atoms with van der Waals surface area (Å²) in [4.78, 5) is 93.3. The third-order valence-corrected chi connectivity index (χ3v) is 17.8. The van der Waals surface area contributed by atoms with Crippen LogP contribution < -0.4 is 25.6 Å². The second-order valence-electron chi connectivity index (χ2n) is 21.7. The van der Waals surface area contributed by atoms with Crippen LogP contribution in [0, 0.1) is 17.7 Å². The van der Waals surface area contributed by atoms with Crippen molar-refractivity contribution in [2.45, 2.75) is 77.2 Å². The van der Waals surface area contributed by atoms with Crippen LogP contribution in [0.3, 0.4) is 0 Å². The number of aromatic carboxylic acids is 1. The molecule has 464 valence electrons. The van der Waals surface area contributed by atoms with E-state index in [9.17, 15) is 33.9 Å². The third-order valence-electron chi connectivity index (χ3n) is 15.7. The summed E-state index contributed by atoms with van der Waals surface area (Å²) in [5.41, 5.74) is 6.59. The van der Waals surface area contributed by atoms with Crippen LogP contribution in [-0.2, 0) is 67.7 Å². The highest BCUT2D eigenvalue weighted by Crippen LogP contribution is 2.35. The molecule has 5 amide bonds. The molecule has 89 heavy (non-hydrogen) atoms. The van der Waals surface area contributed by atoms with Gasteiger partial charge in [0.05, 0.1) is 69.2 Å². The summed E-state index contributed by atoms with van der Waals surface area (Å²) in [7, 11) is 0. The number of aryl methyl sites for hydroxylation is 2. The Kier molecular flexibility index (Phi) is 20.5. The minimum absolute atomic E-state index is 0.0269. The number of rotatable bonds is 27. The van der Waals surface area contributed by atoms with E-state index in [1.807, 2.05) is 58.5 Å². The molecule has 23 nitrogen and oxygen atoms in total. The number of aromatic nitrogens is 5. The molecule has 4 aromatic carbocycles. The number of carbonyl (C=O) groups is 6. The van der Waals surface area contributed by atoms with Gasteiger partial charge in [-0.15, -0.1) is 16.4 Å². The molecule has 4 aliphatic rings. The maximum absolute atomic E-state index is 15.2. The molecule has 2 saturated heterocycles. The molecule has 7 aromatic rings. The van der Waals surface area contributed by atoms with Crippen LogP contribution in [0.25, 0.3) is 10.2 Å². The maximum Gasteiger partial charge on any atom is 0.355 e. The van der Waals surface area contributed by atoms with Crippen molar-refractivity contribution in [1.29, 1.82) is 0 Å². The zero-order chi connectivity index (χ0) is 61.6. The number of thiazole rings is 2. The molecular formula is C63H67FN12O11S2. The predicted molar refractivity (Wildman–Crippen MR) is 329 cm³/mol. The minimum atomic E-state index is -1.13. The Morgan fingerprint density at radius 1 is 0.831 bits per heavy atom. The highest BCUT2D eigenvalue weighted by atomic mass is 32.1. The molecule has 0 radical (unpaired) electrons. The lowest BCUT2D eigenvalue weighted by atomic mass is 9.94. The van der Waals surface area contributed by atoms with Gasteiger partial charge in [0.15, 0.2) is 27.5 Å². The molecule has 0 saturated carbocycles. The number of piperazine rings is 1. The van der Waals surface area contributed by atoms with Crippen LogP contribution in [-0.4, -0.2) is 172 Å². The van der Waals surface area contributed by atoms with Gasteiger partial charge in [-0.1, -0.05) is 58.7 Å². The van der Waals surface area contributed by atoms with Gasteiger partial charge in [0.25, 0.3) is 11.8 Å². The number of carboxylic acids is 1. The lowest BCUT2D eigenvalue weighted by Gasteiger charge is -2.33. The zero-order valence-corrected chi connectivity index (χ0v) is 50.5. The van der Waals surface area contributed by atoms with Crippen LogP contribution in [0.1, 0.15) is 96.1 Å². The van der Waals surface area contributed by atoms with E-state index in [-0.39, 0.29) is 54.7 Å². The summed E-state index contributed by atoms with van der Waals surface area (Å²) in [6, 6.07) is 22.7. The molecule has 1 atom stereocenters. The van der Waals surface area contributed by atoms with Crippen molar-refractivity contribution >= 4 is 84.3 Å². The Balaban J connectivity index is 0.523. The summed E-state index contributed by atoms with van der Waals surface area (Å²) in [6.07, 6.45) is 4.76. The number of amides is 5. The lowest BCUT2D eigenvalue weighted by Crippen LogP contribution is -2.52. The summed E-state index contributed by atoms with van der Waals surface area (Å²) in [6.45, 7) is 7.67. The summed E-state index contributed by atoms with van der Waals surface area (Å²) in [5, 5.41) is 28.2. The summed E-state index contributed by atoms with van der Waals surface area (Å²) < 4.78 is 40.8. The first-order valence-corrected chi connectivity index (χ1v) is 31.3. The van der Waals surface area contributed by atoms with Crippen LogP contribution in [0.5, 0.6) is 5.75 Å². The maximum atomic E-state index is 15.2. The van der Waals surface area contributed by atoms with Gasteiger partial charge in [0, 0.05) is 105 Å². The minimum Gasteiger partial charge on any atom is -0.491 e. The van der Waals surface area contributed by atoms with E-state index in [1.165, 1.54) is 33.6 Å². The van der Waals surface area contributed by atoms with Crippen LogP contribution in [0.15, 0.2) is 85.1 Å². The number of carbonyl (C=O) groups excluding carboxylic acids is 5. The molecule has 26 heteroatoms. The number of benzene rings is 4. The fraction of sp³-hybridized carbons (Fsp3) is 0.397. The standard InChI is InChI=1S/C63H67FN12O11S2/c64-48-36-41(17-19-52(48)87-30-7-15-54-57(61(82)83)68-63(89-54)74-25-21-42-9-3-10-44(46(42)38-74)58(79)69-62-66-50-12-1-2-14-53(50)88-62)8-5-23-72-26-28-73(29-27-72)56(78)16-6-24-75-37-43(70-71-75)40-86-35-34-85-33-32-84-31-22-65-49-13-4-11-45-47(49)39-76(60(45)81)51-18-20-55(77)67-59(51)80/h1-4,9-14,17,19,36-37,51,65H,6-7,15-16,18,20-35,38-40H2,(H,82,83)(H,66,69,79)(H,67,77,80). The molecule has 7 heterocycles. The SMILES string of the molecule is O=C1CCC(N2Cc3c(NCCOCCOCCOCc4cn(CCCC(=O)N5CCN(CC#Cc6ccc(OCCCc7sc(N8CCc9cccc(C(=O)Nc%10nc%11ccccc%11s%10)c9C8)nc7C(=O)O)c(F)c6)CC5)nn4)cccc3C2=O)C(=O)N1. The van der Waals surface area contributed by atoms with Crippen molar-refractivity contribution < 1.29 is 57.2 Å². The van der Waals surface area contributed by atoms with Crippen molar-refractivity contribution in [3.05, 3.63) is 141 Å². The highest BCUT2D eigenvalue weighted by Gasteiger charge is 2.40. The topological polar surface area (TPSA) is 265 Å². The molecule has 3 aromatic heterocycles. The Morgan fingerprint density at radius 3 is 2.47 bits per heavy atom. The van der Waals surface area contributed by atoms with Crippen molar-refractivity contribution in [2.75, 3.05) is 101 Å². The van der Waals surface area contributed by atoms with Crippen molar-refractivity contribution in [3.63, 3.8) is 0 Å². The molecule has 11 rings (SSSR count). The number of nitrogens with one attached hydrogen (secondary N) is 3. The molecule has 2 fully saturated rings. The van der Waals surface area contributed by atoms with Gasteiger partial charge < -0.3 is 44.1 Å². The number of piperidine rings is 1. The van der Waals surface area contributed by atoms with Gasteiger partial charge in [-0.05, 0) is 91.8 Å². The number of carboxylic acid groups (broad SMARTS) is 1. The van der Waals surface area contributed by atoms with Gasteiger partial charge in [-0.3, -0.25) is 44.2 Å². The number of fused-ring (bicyclic) bond motifs is 3. The van der Waals surface area contributed by atoms with E-state index in [1.54, 1.807) is 35.0 Å². The number of imide groups is 1. The van der Waals surface area contributed by atoms with E-state index in [0.29, 0.717) is 175 Å². The number of hydrogen-bond acceptors (Lipinski definition) is 19. The van der Waals surface area contributed by atoms with Gasteiger partial charge >= 0.3 is 5.97 Å². The van der Waals surface area contributed by atoms with Gasteiger partial charge in [-0.2, -0.15) is 0 Å². The number of ether oxygens (including phenoxy) is 4. The first kappa shape index (κ1) is 61.9. The number of anilines is 3. The Hall–Kier alpha value is -8.71. The number of halogens is 1. The average molecular weight is 1250 g/mol. The number of nitrogens with zero attached hydrogens (tertiary/aromatic N) is 9. The average Bonchev–Trinajstić information content (AvgIpc) is 2.26. The molecule has 1 unspecified atom stereocenters. The molecule has 4 aliphatic heterocycles. The molecule has 4 N–H and O–H groups in total. The highest BCUT2D eigenvalue weighted by molar-refractivity contribution is 7.22. The fourth-order valence-corrected chi connectivity index (χ4v) is 13.0. The van der Waals surface area contributed by atoms with E-state index in [2.05, 4.69) is 53.0 Å². The molecular weight excluding hydrogens is 1180 g/mol. The van der Waals surface area contributed by atoms with Gasteiger partial charge in [0.2, 0.25) is 17.7 Å². The van der Waals surface area contributed by atoms with Crippen LogP contribution in [0.4, 0.5) is 20.3 Å². The normalized spacial score (nSPS) is 15.8. The first-order chi connectivity index (χ1) is 43.4. The second-order valence-corrected chi connectivity index (χ2v) is 23.8. The summed E-state index contributed by atoms with van der Waals surface area (Å²) in [5.74, 6) is 3.42. The Labute approximate surface area is 520 Å². The Bertz CT molecular complexity index is 3770. The zero-order valence-electron chi connectivity index (χ0n) is 48.9. The van der Waals surface area contributed by atoms with E-state index >= 15 is 4.39 Å². The van der Waals surface area contributed by atoms with E-state index < -0.39 is 23.7 Å². The van der Waals surface area contributed by atoms with E-state index in [0.717, 1.165) is 32.6 Å². The van der Waals surface area contributed by atoms with Crippen molar-refractivity contribution in [1.82, 2.24) is 45.0 Å². The smallest absolute Gasteiger partial charge is 0.355 e. The third kappa shape index (κ3) is 15.8. The fourth-order valence-electron chi connectivity index (χ4n) is 11.1. The van der Waals surface area contributed by atoms with Crippen LogP contribution in [0.2, 0.25) is 0 Å². The quantitative estimate of drug-likeness (QED) is 0.0246. The Morgan fingerprint density at radius 2 is 1.65 bits per heavy atom. The number of para-hydroxylation sites is 1. The molecule has 0 aliphatic carbocycles. The second kappa shape index (κ2) is 29.5. The van der Waals surface area contributed by atoms with Gasteiger partial charge in [0.1, 0.15) is 11.7 Å². The molecule has 0 spiro atoms. The summed E-state index contributed by atoms with van der Waals surface area (Å²) >= 11 is 2.71. The van der Waals surface area contributed by atoms with Crippen molar-refractivity contribution in [2.24, 2.45) is 0 Å². The van der Waals surface area contributed by atoms with Crippen molar-refractivity contribution in [3.8, 4) is 17.6 Å². The largest absolute Gasteiger partial charge is 0.491 e. The molecule has 0 bridgehead atoms. The van der Waals surface area contributed by atoms with Crippen LogP contribution >= 0.6 is 22.7 Å². The number of hydrogen-bond donors (Lipinski definition) is 4. The predicted octanol–water partition coefficient (Wildman–Crippen LogP) is 6.41. The van der Waals surface area contributed by atoms with E-state index in [4.69, 9.17) is 18.9 Å². The van der Waals surface area contributed by atoms with Gasteiger partial charge in [-0.25, -0.2) is 19.2 Å². The lowest BCUT2D eigenvalue weighted by molar-refractivity contribution is -0.137. The monoisotopic (exact) mass is 1250 g/mol. The first-order valence-electron chi connectivity index (χ1n) is 29.7.